The van der Waals surface area contributed by atoms with Crippen molar-refractivity contribution in [3.63, 3.8) is 0 Å². The molecule has 6 nitrogen and oxygen atoms in total. The molecule has 0 atom stereocenters. The van der Waals surface area contributed by atoms with Crippen LogP contribution in [0.1, 0.15) is 44.6 Å². The van der Waals surface area contributed by atoms with E-state index < -0.39 is 5.97 Å². The monoisotopic (exact) mass is 370 g/mol. The zero-order chi connectivity index (χ0) is 14.4. The van der Waals surface area contributed by atoms with Crippen molar-refractivity contribution >= 4 is 12.4 Å². The average molecular weight is 371 g/mol. The maximum Gasteiger partial charge on any atom is 0.370 e. The molecule has 0 aromatic carbocycles. The summed E-state index contributed by atoms with van der Waals surface area (Å²) in [5.41, 5.74) is 1.98. The second kappa shape index (κ2) is 17.1. The normalized spacial score (nSPS) is 7.69. The van der Waals surface area contributed by atoms with Crippen LogP contribution in [0.15, 0.2) is 49.1 Å². The van der Waals surface area contributed by atoms with E-state index in [2.05, 4.69) is 4.74 Å². The van der Waals surface area contributed by atoms with E-state index >= 15 is 0 Å². The zero-order valence-electron chi connectivity index (χ0n) is 10.7. The Hall–Kier alpha value is -2.76. The molecule has 2 rings (SSSR count). The van der Waals surface area contributed by atoms with Gasteiger partial charge in [-0.15, -0.1) is 0 Å². The third-order valence-electron chi connectivity index (χ3n) is 2.73. The van der Waals surface area contributed by atoms with Gasteiger partial charge in [0.15, 0.2) is 24.8 Å². The Morgan fingerprint density at radius 2 is 1.23 bits per heavy atom. The molecule has 0 aliphatic carbocycles. The maximum atomic E-state index is 10.6. The largest absolute Gasteiger partial charge is 0.477 e. The highest BCUT2D eigenvalue weighted by Crippen LogP contribution is 2.15. The summed E-state index contributed by atoms with van der Waals surface area (Å²) < 4.78 is 7.96. The van der Waals surface area contributed by atoms with Crippen molar-refractivity contribution in [2.24, 2.45) is 0 Å². The van der Waals surface area contributed by atoms with Gasteiger partial charge in [-0.1, -0.05) is 44.6 Å². The van der Waals surface area contributed by atoms with E-state index in [1.807, 2.05) is 24.3 Å². The van der Waals surface area contributed by atoms with E-state index in [9.17, 15) is 9.59 Å². The number of carbonyl (C=O) groups excluding carboxylic acids is 1. The molecule has 0 bridgehead atoms. The summed E-state index contributed by atoms with van der Waals surface area (Å²) in [6, 6.07) is 7.49. The fourth-order valence-corrected chi connectivity index (χ4v) is 1.76. The van der Waals surface area contributed by atoms with Crippen molar-refractivity contribution in [2.75, 3.05) is 0 Å². The summed E-state index contributed by atoms with van der Waals surface area (Å²) >= 11 is 0. The predicted octanol–water partition coefficient (Wildman–Crippen LogP) is 3.96. The van der Waals surface area contributed by atoms with E-state index in [0.717, 1.165) is 11.1 Å². The number of nitrogens with zero attached hydrogens (tertiary/aromatic N) is 2. The van der Waals surface area contributed by atoms with Crippen LogP contribution in [0.25, 0.3) is 11.1 Å². The first-order valence-corrected chi connectivity index (χ1v) is 5.94. The van der Waals surface area contributed by atoms with Crippen LogP contribution in [0, 0.1) is 0 Å². The van der Waals surface area contributed by atoms with Gasteiger partial charge in [0.2, 0.25) is 6.54 Å². The third kappa shape index (κ3) is 10.2. The first-order chi connectivity index (χ1) is 9.69. The van der Waals surface area contributed by atoms with E-state index in [0.29, 0.717) is 6.47 Å². The zero-order valence-corrected chi connectivity index (χ0v) is 10.7. The quantitative estimate of drug-likeness (QED) is 0.617. The lowest BCUT2D eigenvalue weighted by atomic mass is 10.1. The number of hydrogen-bond donors (Lipinski definition) is 1. The Bertz CT molecular complexity index is 596. The van der Waals surface area contributed by atoms with Crippen molar-refractivity contribution in [2.45, 2.75) is 57.8 Å². The summed E-state index contributed by atoms with van der Waals surface area (Å²) in [4.78, 5) is 20.7. The van der Waals surface area contributed by atoms with E-state index in [4.69, 9.17) is 5.11 Å². The number of pyridine rings is 2. The Kier molecular flexibility index (Phi) is 22.7. The number of aliphatic carboxylic acids is 1. The van der Waals surface area contributed by atoms with Gasteiger partial charge < -0.3 is 9.84 Å². The Morgan fingerprint density at radius 3 is 1.58 bits per heavy atom. The van der Waals surface area contributed by atoms with Gasteiger partial charge in [-0.25, -0.2) is 4.79 Å². The fourth-order valence-electron chi connectivity index (χ4n) is 1.76. The molecule has 0 saturated heterocycles. The lowest BCUT2D eigenvalue weighted by molar-refractivity contribution is -0.726. The minimum absolute atomic E-state index is 0. The van der Waals surface area contributed by atoms with Gasteiger partial charge >= 0.3 is 5.97 Å². The van der Waals surface area contributed by atoms with Crippen LogP contribution < -0.4 is 9.13 Å². The van der Waals surface area contributed by atoms with Crippen LogP contribution in [0.2, 0.25) is 0 Å². The molecule has 0 radical (unpaired) electrons. The molecule has 2 aromatic rings. The number of aromatic nitrogens is 2. The average Bonchev–Trinajstić information content (AvgIpc) is 2.46. The molecular weight excluding hydrogens is 332 g/mol. The Labute approximate surface area is 159 Å². The number of carbonyl (C=O) groups is 2. The van der Waals surface area contributed by atoms with Crippen LogP contribution in [-0.2, 0) is 27.6 Å². The maximum absolute atomic E-state index is 10.6. The van der Waals surface area contributed by atoms with Gasteiger partial charge in [0.1, 0.15) is 0 Å². The van der Waals surface area contributed by atoms with Gasteiger partial charge in [-0.3, -0.25) is 4.79 Å². The molecule has 0 aliphatic heterocycles. The molecule has 0 saturated carbocycles. The van der Waals surface area contributed by atoms with Crippen LogP contribution in [0.3, 0.4) is 0 Å². The molecule has 0 unspecified atom stereocenters. The van der Waals surface area contributed by atoms with Crippen LogP contribution >= 0.6 is 0 Å². The summed E-state index contributed by atoms with van der Waals surface area (Å²) in [6.45, 7) is 0.522. The first-order valence-electron chi connectivity index (χ1n) is 5.94. The highest BCUT2D eigenvalue weighted by Gasteiger charge is 2.08. The lowest BCUT2D eigenvalue weighted by Gasteiger charge is -2.00. The number of rotatable bonds is 6. The summed E-state index contributed by atoms with van der Waals surface area (Å²) in [5.74, 6) is -0.876. The predicted molar refractivity (Wildman–Crippen MR) is 107 cm³/mol. The van der Waals surface area contributed by atoms with Crippen LogP contribution in [0.4, 0.5) is 0 Å². The Morgan fingerprint density at radius 1 is 0.846 bits per heavy atom. The molecule has 0 aliphatic rings. The second-order valence-corrected chi connectivity index (χ2v) is 4.15. The molecule has 1 N–H and O–H groups in total. The van der Waals surface area contributed by atoms with Gasteiger partial charge in [0, 0.05) is 24.3 Å². The van der Waals surface area contributed by atoms with Crippen molar-refractivity contribution in [1.82, 2.24) is 0 Å². The van der Waals surface area contributed by atoms with Crippen molar-refractivity contribution < 1.29 is 28.6 Å². The van der Waals surface area contributed by atoms with Gasteiger partial charge in [-0.2, -0.15) is 9.13 Å². The second-order valence-electron chi connectivity index (χ2n) is 4.15. The topological polar surface area (TPSA) is 71.4 Å². The molecule has 0 fully saturated rings. The Balaban J connectivity index is -0.000000245. The first kappa shape index (κ1) is 34.6. The van der Waals surface area contributed by atoms with Gasteiger partial charge in [-0.05, 0) is 11.1 Å². The number of carboxylic acid groups (broad SMARTS) is 1. The highest BCUT2D eigenvalue weighted by atomic mass is 16.5. The van der Waals surface area contributed by atoms with Crippen LogP contribution in [0.5, 0.6) is 0 Å². The molecule has 6 heteroatoms. The molecule has 150 valence electrons. The molecule has 0 spiro atoms. The SMILES string of the molecule is C.C.C.C.C.C.O=COC[n+]1ccc(-c2cc[n+](CC(=O)O)cc2)cc1. The number of ether oxygens (including phenoxy) is 1. The molecule has 0 amide bonds. The lowest BCUT2D eigenvalue weighted by Crippen LogP contribution is -2.36. The summed E-state index contributed by atoms with van der Waals surface area (Å²) in [7, 11) is 0. The number of carboxylic acids is 1. The minimum Gasteiger partial charge on any atom is -0.477 e. The smallest absolute Gasteiger partial charge is 0.370 e. The van der Waals surface area contributed by atoms with Crippen molar-refractivity contribution in [3.05, 3.63) is 49.1 Å². The standard InChI is InChI=1S/C14H13N2O4.6CH4/c17-11-20-10-16-7-3-13(4-8-16)12-1-5-15(6-2-12)9-14(18)19;;;;;;/h1-8,11H,9-10H2;6*1H4/q+1;;;;;;/p+1. The van der Waals surface area contributed by atoms with Crippen LogP contribution in [-0.4, -0.2) is 17.5 Å². The van der Waals surface area contributed by atoms with Gasteiger partial charge in [0.25, 0.3) is 13.2 Å². The van der Waals surface area contributed by atoms with Gasteiger partial charge in [0.05, 0.1) is 0 Å². The van der Waals surface area contributed by atoms with E-state index in [-0.39, 0.29) is 57.8 Å². The molecular formula is C20H38N2O4+2. The van der Waals surface area contributed by atoms with E-state index in [1.54, 1.807) is 33.9 Å². The van der Waals surface area contributed by atoms with Crippen molar-refractivity contribution in [1.29, 1.82) is 0 Å². The fraction of sp³-hybridized carbons (Fsp3) is 0.400. The molecule has 2 aromatic heterocycles. The molecule has 26 heavy (non-hydrogen) atoms. The summed E-state index contributed by atoms with van der Waals surface area (Å²) in [5, 5.41) is 8.69. The highest BCUT2D eigenvalue weighted by molar-refractivity contribution is 5.65. The molecule has 2 heterocycles. The summed E-state index contributed by atoms with van der Waals surface area (Å²) in [6.07, 6.45) is 7.05. The third-order valence-corrected chi connectivity index (χ3v) is 2.73. The van der Waals surface area contributed by atoms with Crippen molar-refractivity contribution in [3.8, 4) is 11.1 Å². The number of hydrogen-bond acceptors (Lipinski definition) is 3. The minimum atomic E-state index is -0.876. The van der Waals surface area contributed by atoms with E-state index in [1.165, 1.54) is 0 Å².